The van der Waals surface area contributed by atoms with Gasteiger partial charge in [-0.3, -0.25) is 4.90 Å². The Kier molecular flexibility index (Phi) is 5.16. The summed E-state index contributed by atoms with van der Waals surface area (Å²) in [4.78, 5) is 2.09. The summed E-state index contributed by atoms with van der Waals surface area (Å²) in [6.07, 6.45) is 0. The fourth-order valence-corrected chi connectivity index (χ4v) is 3.43. The van der Waals surface area contributed by atoms with Crippen LogP contribution in [0.3, 0.4) is 0 Å². The van der Waals surface area contributed by atoms with Crippen molar-refractivity contribution in [3.05, 3.63) is 60.7 Å². The number of hydrogen-bond donors (Lipinski definition) is 0. The Morgan fingerprint density at radius 1 is 0.842 bits per heavy atom. The smallest absolute Gasteiger partial charge is 0.0600 e. The summed E-state index contributed by atoms with van der Waals surface area (Å²) in [5.74, 6) is 3.29. The molecule has 0 atom stereocenters. The summed E-state index contributed by atoms with van der Waals surface area (Å²) in [5, 5.41) is 2.63. The molecule has 0 saturated carbocycles. The Balaban J connectivity index is 2.31. The number of rotatable bonds is 3. The molecule has 0 radical (unpaired) electrons. The van der Waals surface area contributed by atoms with Crippen molar-refractivity contribution in [2.75, 3.05) is 20.6 Å². The topological polar surface area (TPSA) is 3.24 Å². The summed E-state index contributed by atoms with van der Waals surface area (Å²) in [6.45, 7) is 0.804. The molecule has 0 saturated heterocycles. The quantitative estimate of drug-likeness (QED) is 0.610. The van der Waals surface area contributed by atoms with E-state index in [1.165, 1.54) is 10.6 Å². The molecular weight excluding hydrogens is 249 g/mol. The summed E-state index contributed by atoms with van der Waals surface area (Å²) < 4.78 is 0. The fraction of sp³-hybridized carbons (Fsp3) is 0.176. The van der Waals surface area contributed by atoms with Crippen LogP contribution in [0.1, 0.15) is 0 Å². The zero-order chi connectivity index (χ0) is 13.5. The van der Waals surface area contributed by atoms with E-state index in [0.717, 1.165) is 6.54 Å². The highest BCUT2D eigenvalue weighted by atomic mass is 31.1. The lowest BCUT2D eigenvalue weighted by atomic mass is 10.4. The van der Waals surface area contributed by atoms with Gasteiger partial charge in [-0.2, -0.15) is 0 Å². The van der Waals surface area contributed by atoms with E-state index in [0.29, 0.717) is 0 Å². The van der Waals surface area contributed by atoms with Gasteiger partial charge in [0.05, 0.1) is 6.54 Å². The van der Waals surface area contributed by atoms with Crippen LogP contribution in [0.2, 0.25) is 0 Å². The minimum Gasteiger partial charge on any atom is -0.299 e. The van der Waals surface area contributed by atoms with E-state index in [1.54, 1.807) is 0 Å². The van der Waals surface area contributed by atoms with Crippen molar-refractivity contribution in [1.82, 2.24) is 4.90 Å². The largest absolute Gasteiger partial charge is 0.299 e. The first-order valence-corrected chi connectivity index (χ1v) is 7.65. The van der Waals surface area contributed by atoms with E-state index < -0.39 is 7.92 Å². The van der Waals surface area contributed by atoms with Gasteiger partial charge in [0.15, 0.2) is 0 Å². The maximum atomic E-state index is 3.46. The van der Waals surface area contributed by atoms with Gasteiger partial charge in [0.25, 0.3) is 0 Å². The minimum atomic E-state index is -0.569. The molecule has 0 fully saturated rings. The van der Waals surface area contributed by atoms with Crippen molar-refractivity contribution >= 4 is 18.5 Å². The molecular formula is C17H18NP. The average Bonchev–Trinajstić information content (AvgIpc) is 2.45. The number of benzene rings is 2. The van der Waals surface area contributed by atoms with Gasteiger partial charge in [0.1, 0.15) is 0 Å². The van der Waals surface area contributed by atoms with Crippen LogP contribution in [0.4, 0.5) is 0 Å². The molecule has 0 aromatic heterocycles. The molecule has 0 aliphatic rings. The molecule has 0 aliphatic carbocycles. The van der Waals surface area contributed by atoms with Crippen molar-refractivity contribution in [1.29, 1.82) is 0 Å². The first kappa shape index (κ1) is 13.8. The molecule has 19 heavy (non-hydrogen) atoms. The van der Waals surface area contributed by atoms with E-state index in [2.05, 4.69) is 77.1 Å². The van der Waals surface area contributed by atoms with E-state index in [-0.39, 0.29) is 0 Å². The molecule has 2 aromatic rings. The third-order valence-electron chi connectivity index (χ3n) is 2.61. The zero-order valence-electron chi connectivity index (χ0n) is 11.4. The second-order valence-electron chi connectivity index (χ2n) is 4.53. The highest BCUT2D eigenvalue weighted by Gasteiger charge is 2.09. The molecule has 0 bridgehead atoms. The second-order valence-corrected chi connectivity index (χ2v) is 6.46. The predicted molar refractivity (Wildman–Crippen MR) is 85.4 cm³/mol. The van der Waals surface area contributed by atoms with Crippen LogP contribution in [0.15, 0.2) is 60.7 Å². The van der Waals surface area contributed by atoms with Crippen molar-refractivity contribution in [2.24, 2.45) is 0 Å². The lowest BCUT2D eigenvalue weighted by molar-refractivity contribution is 0.464. The summed E-state index contributed by atoms with van der Waals surface area (Å²) in [5.41, 5.74) is 3.46. The van der Waals surface area contributed by atoms with Gasteiger partial charge in [-0.25, -0.2) is 0 Å². The van der Waals surface area contributed by atoms with Crippen molar-refractivity contribution in [3.8, 4) is 11.6 Å². The molecule has 0 N–H and O–H groups in total. The van der Waals surface area contributed by atoms with Gasteiger partial charge in [0.2, 0.25) is 0 Å². The van der Waals surface area contributed by atoms with E-state index in [1.807, 2.05) is 14.1 Å². The molecule has 2 aromatic carbocycles. The van der Waals surface area contributed by atoms with Crippen LogP contribution >= 0.6 is 7.92 Å². The second kappa shape index (κ2) is 7.10. The van der Waals surface area contributed by atoms with E-state index in [9.17, 15) is 0 Å². The highest BCUT2D eigenvalue weighted by molar-refractivity contribution is 7.77. The van der Waals surface area contributed by atoms with Gasteiger partial charge in [-0.05, 0) is 24.7 Å². The first-order valence-electron chi connectivity index (χ1n) is 6.31. The Morgan fingerprint density at radius 3 is 1.74 bits per heavy atom. The van der Waals surface area contributed by atoms with Gasteiger partial charge < -0.3 is 0 Å². The maximum Gasteiger partial charge on any atom is 0.0600 e. The highest BCUT2D eigenvalue weighted by Crippen LogP contribution is 2.31. The molecule has 2 rings (SSSR count). The average molecular weight is 267 g/mol. The maximum absolute atomic E-state index is 3.46. The van der Waals surface area contributed by atoms with Gasteiger partial charge >= 0.3 is 0 Å². The zero-order valence-corrected chi connectivity index (χ0v) is 12.3. The van der Waals surface area contributed by atoms with E-state index >= 15 is 0 Å². The molecule has 0 unspecified atom stereocenters. The monoisotopic (exact) mass is 267 g/mol. The standard InChI is InChI=1S/C17H18NP/c1-18(2)14-9-15-19(16-10-5-3-6-11-16)17-12-7-4-8-13-17/h3-8,10-13H,14H2,1-2H3. The summed E-state index contributed by atoms with van der Waals surface area (Å²) in [7, 11) is 3.52. The van der Waals surface area contributed by atoms with E-state index in [4.69, 9.17) is 0 Å². The molecule has 0 amide bonds. The fourth-order valence-electron chi connectivity index (χ4n) is 1.70. The Hall–Kier alpha value is -1.61. The van der Waals surface area contributed by atoms with Crippen LogP contribution < -0.4 is 10.6 Å². The molecule has 96 valence electrons. The van der Waals surface area contributed by atoms with Crippen LogP contribution in [0.25, 0.3) is 0 Å². The van der Waals surface area contributed by atoms with Crippen molar-refractivity contribution < 1.29 is 0 Å². The van der Waals surface area contributed by atoms with Gasteiger partial charge in [0, 0.05) is 7.92 Å². The minimum absolute atomic E-state index is 0.569. The lowest BCUT2D eigenvalue weighted by Gasteiger charge is -2.12. The number of nitrogens with zero attached hydrogens (tertiary/aromatic N) is 1. The molecule has 0 heterocycles. The molecule has 0 spiro atoms. The molecule has 2 heteroatoms. The summed E-state index contributed by atoms with van der Waals surface area (Å²) >= 11 is 0. The van der Waals surface area contributed by atoms with Crippen molar-refractivity contribution in [2.45, 2.75) is 0 Å². The normalized spacial score (nSPS) is 10.3. The Morgan fingerprint density at radius 2 is 1.32 bits per heavy atom. The van der Waals surface area contributed by atoms with Crippen LogP contribution in [-0.2, 0) is 0 Å². The SMILES string of the molecule is CN(C)CC#CP(c1ccccc1)c1ccccc1. The predicted octanol–water partition coefficient (Wildman–Crippen LogP) is 2.64. The van der Waals surface area contributed by atoms with Gasteiger partial charge in [-0.15, -0.1) is 0 Å². The number of hydrogen-bond acceptors (Lipinski definition) is 1. The molecule has 1 nitrogen and oxygen atoms in total. The third-order valence-corrected chi connectivity index (χ3v) is 4.63. The molecule has 0 aliphatic heterocycles. The summed E-state index contributed by atoms with van der Waals surface area (Å²) in [6, 6.07) is 21.1. The Bertz CT molecular complexity index is 513. The third kappa shape index (κ3) is 4.21. The van der Waals surface area contributed by atoms with Crippen LogP contribution in [0.5, 0.6) is 0 Å². The first-order chi connectivity index (χ1) is 9.27. The lowest BCUT2D eigenvalue weighted by Crippen LogP contribution is -2.12. The van der Waals surface area contributed by atoms with Gasteiger partial charge in [-0.1, -0.05) is 72.2 Å². The van der Waals surface area contributed by atoms with Crippen LogP contribution in [0, 0.1) is 11.6 Å². The van der Waals surface area contributed by atoms with Crippen molar-refractivity contribution in [3.63, 3.8) is 0 Å². The van der Waals surface area contributed by atoms with Crippen LogP contribution in [-0.4, -0.2) is 25.5 Å². The Labute approximate surface area is 117 Å².